The van der Waals surface area contributed by atoms with Crippen LogP contribution < -0.4 is 5.73 Å². The van der Waals surface area contributed by atoms with Crippen molar-refractivity contribution in [2.75, 3.05) is 12.0 Å². The summed E-state index contributed by atoms with van der Waals surface area (Å²) in [5, 5.41) is 9.14. The molecule has 1 aromatic rings. The number of nitrogens with two attached hydrogens (primary N) is 1. The number of hydrogen-bond acceptors (Lipinski definition) is 6. The van der Waals surface area contributed by atoms with E-state index in [-0.39, 0.29) is 10.6 Å². The maximum atomic E-state index is 11.0. The Hall–Kier alpha value is -1.36. The summed E-state index contributed by atoms with van der Waals surface area (Å²) < 4.78 is 53.6. The monoisotopic (exact) mass is 285 g/mol. The highest BCUT2D eigenvalue weighted by molar-refractivity contribution is 7.90. The molecule has 0 saturated heterocycles. The molecule has 0 heterocycles. The summed E-state index contributed by atoms with van der Waals surface area (Å²) in [5.41, 5.74) is 5.66. The van der Waals surface area contributed by atoms with Crippen molar-refractivity contribution in [3.05, 3.63) is 18.2 Å². The molecule has 0 saturated carbocycles. The van der Waals surface area contributed by atoms with Crippen LogP contribution in [-0.4, -0.2) is 37.3 Å². The van der Waals surface area contributed by atoms with Gasteiger partial charge in [0, 0.05) is 11.9 Å². The second kappa shape index (κ2) is 5.31. The lowest BCUT2D eigenvalue weighted by atomic mass is 10.3. The molecule has 1 aromatic carbocycles. The molecule has 0 aromatic heterocycles. The maximum Gasteiger partial charge on any atom is 0.394 e. The third kappa shape index (κ3) is 7.52. The average molecular weight is 285 g/mol. The van der Waals surface area contributed by atoms with E-state index in [0.29, 0.717) is 5.69 Å². The van der Waals surface area contributed by atoms with Crippen LogP contribution in [0.2, 0.25) is 0 Å². The molecular weight excluding hydrogens is 274 g/mol. The molecule has 0 bridgehead atoms. The van der Waals surface area contributed by atoms with Gasteiger partial charge in [-0.05, 0) is 18.2 Å². The van der Waals surface area contributed by atoms with Crippen LogP contribution in [0.3, 0.4) is 0 Å². The summed E-state index contributed by atoms with van der Waals surface area (Å²) in [6.07, 6.45) is 1.02. The topological polar surface area (TPSA) is 155 Å². The molecule has 0 radical (unpaired) electrons. The van der Waals surface area contributed by atoms with Crippen LogP contribution in [0.25, 0.3) is 0 Å². The van der Waals surface area contributed by atoms with Gasteiger partial charge in [-0.1, -0.05) is 0 Å². The summed E-state index contributed by atoms with van der Waals surface area (Å²) in [4.78, 5) is -0.137. The fourth-order valence-electron chi connectivity index (χ4n) is 0.828. The van der Waals surface area contributed by atoms with Gasteiger partial charge in [0.1, 0.15) is 10.6 Å². The molecule has 17 heavy (non-hydrogen) atoms. The van der Waals surface area contributed by atoms with Crippen molar-refractivity contribution in [1.29, 1.82) is 0 Å². The van der Waals surface area contributed by atoms with Crippen LogP contribution in [0.4, 0.5) is 5.69 Å². The van der Waals surface area contributed by atoms with E-state index in [1.54, 1.807) is 0 Å². The number of aromatic hydroxyl groups is 1. The standard InChI is InChI=1S/C7H9NO3S.H2O4S/c1-12(10,11)7-4-5(8)2-3-6(7)9;1-5(2,3)4/h2-4,9H,8H2,1H3;(H2,1,2,3,4). The van der Waals surface area contributed by atoms with Crippen molar-refractivity contribution in [2.45, 2.75) is 4.90 Å². The van der Waals surface area contributed by atoms with Gasteiger partial charge in [-0.2, -0.15) is 8.42 Å². The Morgan fingerprint density at radius 3 is 1.82 bits per heavy atom. The van der Waals surface area contributed by atoms with Gasteiger partial charge >= 0.3 is 10.4 Å². The Kier molecular flexibility index (Phi) is 4.89. The zero-order valence-electron chi connectivity index (χ0n) is 8.60. The second-order valence-electron chi connectivity index (χ2n) is 2.95. The molecule has 0 amide bonds. The molecule has 0 fully saturated rings. The molecule has 0 atom stereocenters. The van der Waals surface area contributed by atoms with Gasteiger partial charge in [0.15, 0.2) is 9.84 Å². The number of rotatable bonds is 1. The minimum absolute atomic E-state index is 0.137. The SMILES string of the molecule is CS(=O)(=O)c1cc(N)ccc1O.O=S(=O)(O)O. The van der Waals surface area contributed by atoms with Crippen LogP contribution in [0.1, 0.15) is 0 Å². The lowest BCUT2D eigenvalue weighted by molar-refractivity contribution is 0.381. The molecular formula is C7H11NO7S2. The van der Waals surface area contributed by atoms with Gasteiger partial charge < -0.3 is 10.8 Å². The number of hydrogen-bond donors (Lipinski definition) is 4. The quantitative estimate of drug-likeness (QED) is 0.312. The van der Waals surface area contributed by atoms with Crippen LogP contribution in [0.5, 0.6) is 5.75 Å². The Balaban J connectivity index is 0.000000437. The highest BCUT2D eigenvalue weighted by Gasteiger charge is 2.12. The predicted molar refractivity (Wildman–Crippen MR) is 59.8 cm³/mol. The number of phenols is 1. The lowest BCUT2D eigenvalue weighted by Crippen LogP contribution is -1.98. The first-order chi connectivity index (χ1) is 7.41. The van der Waals surface area contributed by atoms with E-state index in [9.17, 15) is 8.42 Å². The van der Waals surface area contributed by atoms with Gasteiger partial charge in [-0.15, -0.1) is 0 Å². The molecule has 0 aliphatic carbocycles. The van der Waals surface area contributed by atoms with E-state index in [1.165, 1.54) is 18.2 Å². The third-order valence-corrected chi connectivity index (χ3v) is 2.51. The first kappa shape index (κ1) is 15.6. The smallest absolute Gasteiger partial charge is 0.394 e. The highest BCUT2D eigenvalue weighted by atomic mass is 32.3. The summed E-state index contributed by atoms with van der Waals surface area (Å²) >= 11 is 0. The van der Waals surface area contributed by atoms with Crippen LogP contribution in [0, 0.1) is 0 Å². The van der Waals surface area contributed by atoms with Crippen LogP contribution in [0.15, 0.2) is 23.1 Å². The minimum Gasteiger partial charge on any atom is -0.507 e. The third-order valence-electron chi connectivity index (χ3n) is 1.38. The summed E-state index contributed by atoms with van der Waals surface area (Å²) in [6, 6.07) is 3.92. The van der Waals surface area contributed by atoms with Crippen molar-refractivity contribution in [1.82, 2.24) is 0 Å². The van der Waals surface area contributed by atoms with Gasteiger partial charge in [-0.3, -0.25) is 9.11 Å². The zero-order chi connectivity index (χ0) is 13.9. The molecule has 0 spiro atoms. The largest absolute Gasteiger partial charge is 0.507 e. The van der Waals surface area contributed by atoms with E-state index < -0.39 is 20.2 Å². The summed E-state index contributed by atoms with van der Waals surface area (Å²) in [6.45, 7) is 0. The van der Waals surface area contributed by atoms with Gasteiger partial charge in [0.05, 0.1) is 0 Å². The van der Waals surface area contributed by atoms with Crippen LogP contribution >= 0.6 is 0 Å². The first-order valence-electron chi connectivity index (χ1n) is 3.89. The van der Waals surface area contributed by atoms with Crippen molar-refractivity contribution < 1.29 is 31.0 Å². The van der Waals surface area contributed by atoms with Crippen LogP contribution in [-0.2, 0) is 20.2 Å². The summed E-state index contributed by atoms with van der Waals surface area (Å²) in [7, 11) is -8.05. The number of anilines is 1. The molecule has 8 nitrogen and oxygen atoms in total. The molecule has 0 unspecified atom stereocenters. The average Bonchev–Trinajstić information content (AvgIpc) is 2.04. The van der Waals surface area contributed by atoms with E-state index in [2.05, 4.69) is 0 Å². The Labute approximate surface area is 98.2 Å². The maximum absolute atomic E-state index is 11.0. The molecule has 1 rings (SSSR count). The van der Waals surface area contributed by atoms with E-state index in [1.807, 2.05) is 0 Å². The molecule has 98 valence electrons. The minimum atomic E-state index is -4.67. The highest BCUT2D eigenvalue weighted by Crippen LogP contribution is 2.24. The van der Waals surface area contributed by atoms with E-state index in [4.69, 9.17) is 28.4 Å². The number of benzene rings is 1. The van der Waals surface area contributed by atoms with E-state index >= 15 is 0 Å². The Morgan fingerprint density at radius 2 is 1.53 bits per heavy atom. The fraction of sp³-hybridized carbons (Fsp3) is 0.143. The fourth-order valence-corrected chi connectivity index (χ4v) is 1.63. The predicted octanol–water partition coefficient (Wildman–Crippen LogP) is -0.275. The van der Waals surface area contributed by atoms with Gasteiger partial charge in [-0.25, -0.2) is 8.42 Å². The van der Waals surface area contributed by atoms with E-state index in [0.717, 1.165) is 6.26 Å². The van der Waals surface area contributed by atoms with Gasteiger partial charge in [0.25, 0.3) is 0 Å². The van der Waals surface area contributed by atoms with Gasteiger partial charge in [0.2, 0.25) is 0 Å². The normalized spacial score (nSPS) is 11.5. The van der Waals surface area contributed by atoms with Crippen molar-refractivity contribution in [3.63, 3.8) is 0 Å². The Bertz CT molecular complexity index is 583. The molecule has 0 aliphatic rings. The zero-order valence-corrected chi connectivity index (χ0v) is 10.2. The number of nitrogen functional groups attached to an aromatic ring is 1. The number of sulfone groups is 1. The van der Waals surface area contributed by atoms with Crippen molar-refractivity contribution in [3.8, 4) is 5.75 Å². The molecule has 5 N–H and O–H groups in total. The van der Waals surface area contributed by atoms with Crippen molar-refractivity contribution in [2.24, 2.45) is 0 Å². The lowest BCUT2D eigenvalue weighted by Gasteiger charge is -2.02. The second-order valence-corrected chi connectivity index (χ2v) is 5.83. The Morgan fingerprint density at radius 1 is 1.12 bits per heavy atom. The summed E-state index contributed by atoms with van der Waals surface area (Å²) in [5.74, 6) is -0.272. The number of phenolic OH excluding ortho intramolecular Hbond substituents is 1. The first-order valence-corrected chi connectivity index (χ1v) is 7.18. The molecule has 10 heteroatoms. The van der Waals surface area contributed by atoms with Crippen molar-refractivity contribution >= 4 is 25.9 Å². The molecule has 0 aliphatic heterocycles.